The Balaban J connectivity index is 1.39. The van der Waals surface area contributed by atoms with Gasteiger partial charge in [0.05, 0.1) is 0 Å². The Labute approximate surface area is 177 Å². The summed E-state index contributed by atoms with van der Waals surface area (Å²) in [5.41, 5.74) is 2.80. The van der Waals surface area contributed by atoms with Gasteiger partial charge in [-0.05, 0) is 36.8 Å². The maximum atomic E-state index is 12.4. The molecule has 1 aromatic heterocycles. The van der Waals surface area contributed by atoms with Gasteiger partial charge < -0.3 is 25.3 Å². The number of nitrogens with one attached hydrogen (secondary N) is 2. The highest BCUT2D eigenvalue weighted by Crippen LogP contribution is 2.21. The van der Waals surface area contributed by atoms with Gasteiger partial charge in [-0.2, -0.15) is 0 Å². The number of rotatable bonds is 6. The van der Waals surface area contributed by atoms with Crippen molar-refractivity contribution in [2.24, 2.45) is 0 Å². The molecule has 2 N–H and O–H groups in total. The molecular weight excluding hydrogens is 382 g/mol. The standard InChI is InChI=1S/C21H29N7O2/c1-16-15-17(26(2)3)5-6-18(16)25-21(30)24-10-7-19(29)27-11-13-28(14-12-27)20-22-8-4-9-23-20/h4-6,8-9,15H,7,10-14H2,1-3H3,(H2,24,25,30). The molecule has 0 bridgehead atoms. The van der Waals surface area contributed by atoms with Crippen molar-refractivity contribution in [1.82, 2.24) is 20.2 Å². The second kappa shape index (κ2) is 9.91. The zero-order chi connectivity index (χ0) is 21.5. The van der Waals surface area contributed by atoms with Gasteiger partial charge in [-0.15, -0.1) is 0 Å². The van der Waals surface area contributed by atoms with Gasteiger partial charge in [0.2, 0.25) is 11.9 Å². The summed E-state index contributed by atoms with van der Waals surface area (Å²) in [6, 6.07) is 7.32. The molecule has 1 aromatic carbocycles. The lowest BCUT2D eigenvalue weighted by atomic mass is 10.1. The number of hydrogen-bond acceptors (Lipinski definition) is 6. The van der Waals surface area contributed by atoms with E-state index in [1.807, 2.05) is 49.0 Å². The molecule has 9 heteroatoms. The van der Waals surface area contributed by atoms with Crippen LogP contribution in [0.3, 0.4) is 0 Å². The Bertz CT molecular complexity index is 865. The lowest BCUT2D eigenvalue weighted by Gasteiger charge is -2.34. The molecule has 2 heterocycles. The van der Waals surface area contributed by atoms with Crippen LogP contribution in [0, 0.1) is 6.92 Å². The molecule has 160 valence electrons. The molecule has 2 aromatic rings. The summed E-state index contributed by atoms with van der Waals surface area (Å²) >= 11 is 0. The molecule has 1 fully saturated rings. The van der Waals surface area contributed by atoms with E-state index in [4.69, 9.17) is 0 Å². The summed E-state index contributed by atoms with van der Waals surface area (Å²) in [6.45, 7) is 4.90. The summed E-state index contributed by atoms with van der Waals surface area (Å²) in [4.78, 5) is 39.0. The predicted molar refractivity (Wildman–Crippen MR) is 118 cm³/mol. The van der Waals surface area contributed by atoms with Crippen molar-refractivity contribution < 1.29 is 9.59 Å². The molecule has 30 heavy (non-hydrogen) atoms. The fourth-order valence-electron chi connectivity index (χ4n) is 3.28. The molecule has 1 saturated heterocycles. The largest absolute Gasteiger partial charge is 0.378 e. The highest BCUT2D eigenvalue weighted by atomic mass is 16.2. The number of amides is 3. The number of hydrogen-bond donors (Lipinski definition) is 2. The summed E-state index contributed by atoms with van der Waals surface area (Å²) in [5, 5.41) is 5.60. The third-order valence-corrected chi connectivity index (χ3v) is 5.07. The first-order chi connectivity index (χ1) is 14.4. The first-order valence-corrected chi connectivity index (χ1v) is 10.1. The van der Waals surface area contributed by atoms with Crippen LogP contribution in [-0.4, -0.2) is 73.6 Å². The second-order valence-corrected chi connectivity index (χ2v) is 7.44. The fraction of sp³-hybridized carbons (Fsp3) is 0.429. The monoisotopic (exact) mass is 411 g/mol. The lowest BCUT2D eigenvalue weighted by molar-refractivity contribution is -0.131. The number of carbonyl (C=O) groups excluding carboxylic acids is 2. The zero-order valence-electron chi connectivity index (χ0n) is 17.8. The first-order valence-electron chi connectivity index (χ1n) is 10.1. The van der Waals surface area contributed by atoms with Crippen LogP contribution in [0.15, 0.2) is 36.7 Å². The number of piperazine rings is 1. The van der Waals surface area contributed by atoms with Crippen LogP contribution in [0.5, 0.6) is 0 Å². The summed E-state index contributed by atoms with van der Waals surface area (Å²) in [5.74, 6) is 0.729. The van der Waals surface area contributed by atoms with E-state index in [1.165, 1.54) is 0 Å². The van der Waals surface area contributed by atoms with Gasteiger partial charge in [0.15, 0.2) is 0 Å². The van der Waals surface area contributed by atoms with Gasteiger partial charge in [-0.25, -0.2) is 14.8 Å². The van der Waals surface area contributed by atoms with Crippen molar-refractivity contribution in [3.63, 3.8) is 0 Å². The van der Waals surface area contributed by atoms with E-state index >= 15 is 0 Å². The van der Waals surface area contributed by atoms with Crippen molar-refractivity contribution in [2.75, 3.05) is 61.9 Å². The van der Waals surface area contributed by atoms with Crippen LogP contribution in [0.25, 0.3) is 0 Å². The smallest absolute Gasteiger partial charge is 0.319 e. The van der Waals surface area contributed by atoms with Crippen molar-refractivity contribution in [3.05, 3.63) is 42.2 Å². The molecule has 0 spiro atoms. The average molecular weight is 412 g/mol. The predicted octanol–water partition coefficient (Wildman–Crippen LogP) is 1.71. The molecule has 0 unspecified atom stereocenters. The SMILES string of the molecule is Cc1cc(N(C)C)ccc1NC(=O)NCCC(=O)N1CCN(c2ncccn2)CC1. The highest BCUT2D eigenvalue weighted by molar-refractivity contribution is 5.90. The Hall–Kier alpha value is -3.36. The Morgan fingerprint density at radius 1 is 1.10 bits per heavy atom. The molecule has 0 aliphatic carbocycles. The van der Waals surface area contributed by atoms with Crippen molar-refractivity contribution in [1.29, 1.82) is 0 Å². The normalized spacial score (nSPS) is 13.7. The number of anilines is 3. The van der Waals surface area contributed by atoms with Crippen LogP contribution in [-0.2, 0) is 4.79 Å². The minimum atomic E-state index is -0.311. The maximum absolute atomic E-state index is 12.4. The number of carbonyl (C=O) groups is 2. The van der Waals surface area contributed by atoms with E-state index in [0.717, 1.165) is 16.9 Å². The number of aryl methyl sites for hydroxylation is 1. The molecule has 1 aliphatic heterocycles. The number of benzene rings is 1. The molecule has 1 aliphatic rings. The Morgan fingerprint density at radius 2 is 1.80 bits per heavy atom. The summed E-state index contributed by atoms with van der Waals surface area (Å²) in [6.07, 6.45) is 3.71. The fourth-order valence-corrected chi connectivity index (χ4v) is 3.28. The number of urea groups is 1. The number of nitrogens with zero attached hydrogens (tertiary/aromatic N) is 5. The Kier molecular flexibility index (Phi) is 7.05. The molecular formula is C21H29N7O2. The van der Waals surface area contributed by atoms with Crippen molar-refractivity contribution >= 4 is 29.3 Å². The molecule has 0 radical (unpaired) electrons. The third kappa shape index (κ3) is 5.59. The van der Waals surface area contributed by atoms with Crippen molar-refractivity contribution in [3.8, 4) is 0 Å². The molecule has 9 nitrogen and oxygen atoms in total. The zero-order valence-corrected chi connectivity index (χ0v) is 17.8. The first kappa shape index (κ1) is 21.4. The van der Waals surface area contributed by atoms with Crippen LogP contribution in [0.2, 0.25) is 0 Å². The van der Waals surface area contributed by atoms with E-state index in [9.17, 15) is 9.59 Å². The van der Waals surface area contributed by atoms with Crippen LogP contribution in [0.4, 0.5) is 22.1 Å². The van der Waals surface area contributed by atoms with E-state index < -0.39 is 0 Å². The summed E-state index contributed by atoms with van der Waals surface area (Å²) in [7, 11) is 3.95. The molecule has 3 amide bonds. The van der Waals surface area contributed by atoms with Crippen LogP contribution < -0.4 is 20.4 Å². The minimum Gasteiger partial charge on any atom is -0.378 e. The lowest BCUT2D eigenvalue weighted by Crippen LogP contribution is -2.49. The topological polar surface area (TPSA) is 93.7 Å². The highest BCUT2D eigenvalue weighted by Gasteiger charge is 2.22. The maximum Gasteiger partial charge on any atom is 0.319 e. The van der Waals surface area contributed by atoms with Gasteiger partial charge >= 0.3 is 6.03 Å². The van der Waals surface area contributed by atoms with Gasteiger partial charge in [-0.1, -0.05) is 0 Å². The molecule has 0 atom stereocenters. The van der Waals surface area contributed by atoms with E-state index in [0.29, 0.717) is 38.7 Å². The average Bonchev–Trinajstić information content (AvgIpc) is 2.75. The second-order valence-electron chi connectivity index (χ2n) is 7.44. The van der Waals surface area contributed by atoms with E-state index in [1.54, 1.807) is 18.5 Å². The van der Waals surface area contributed by atoms with Crippen LogP contribution >= 0.6 is 0 Å². The van der Waals surface area contributed by atoms with Gasteiger partial charge in [-0.3, -0.25) is 4.79 Å². The van der Waals surface area contributed by atoms with Gasteiger partial charge in [0, 0.05) is 77.0 Å². The van der Waals surface area contributed by atoms with Crippen LogP contribution in [0.1, 0.15) is 12.0 Å². The Morgan fingerprint density at radius 3 is 2.43 bits per heavy atom. The third-order valence-electron chi connectivity index (χ3n) is 5.07. The minimum absolute atomic E-state index is 0.0375. The van der Waals surface area contributed by atoms with Gasteiger partial charge in [0.1, 0.15) is 0 Å². The van der Waals surface area contributed by atoms with Crippen molar-refractivity contribution in [2.45, 2.75) is 13.3 Å². The molecule has 3 rings (SSSR count). The summed E-state index contributed by atoms with van der Waals surface area (Å²) < 4.78 is 0. The van der Waals surface area contributed by atoms with Gasteiger partial charge in [0.25, 0.3) is 0 Å². The number of aromatic nitrogens is 2. The quantitative estimate of drug-likeness (QED) is 0.752. The van der Waals surface area contributed by atoms with E-state index in [-0.39, 0.29) is 18.4 Å². The molecule has 0 saturated carbocycles. The van der Waals surface area contributed by atoms with E-state index in [2.05, 4.69) is 25.5 Å².